The summed E-state index contributed by atoms with van der Waals surface area (Å²) in [7, 11) is 0. The molecular weight excluding hydrogens is 282 g/mol. The second-order valence-corrected chi connectivity index (χ2v) is 5.45. The molecule has 1 unspecified atom stereocenters. The Balaban J connectivity index is 0.00000133. The van der Waals surface area contributed by atoms with E-state index in [2.05, 4.69) is 15.6 Å². The van der Waals surface area contributed by atoms with E-state index in [1.54, 1.807) is 11.3 Å². The summed E-state index contributed by atoms with van der Waals surface area (Å²) in [6, 6.07) is 5.85. The average Bonchev–Trinajstić information content (AvgIpc) is 2.87. The summed E-state index contributed by atoms with van der Waals surface area (Å²) in [4.78, 5) is 16.3. The van der Waals surface area contributed by atoms with Crippen molar-refractivity contribution >= 4 is 45.6 Å². The van der Waals surface area contributed by atoms with Crippen molar-refractivity contribution < 1.29 is 4.79 Å². The van der Waals surface area contributed by atoms with Gasteiger partial charge in [-0.3, -0.25) is 4.79 Å². The van der Waals surface area contributed by atoms with Crippen molar-refractivity contribution in [3.8, 4) is 0 Å². The van der Waals surface area contributed by atoms with Gasteiger partial charge in [0.15, 0.2) is 0 Å². The number of carbonyl (C=O) groups excluding carboxylic acids is 1. The van der Waals surface area contributed by atoms with Crippen LogP contribution in [0.5, 0.6) is 0 Å². The molecule has 6 heteroatoms. The lowest BCUT2D eigenvalue weighted by Crippen LogP contribution is -2.37. The second kappa shape index (κ2) is 6.32. The molecular formula is C13H16ClN3OS. The van der Waals surface area contributed by atoms with Gasteiger partial charge in [0.25, 0.3) is 0 Å². The summed E-state index contributed by atoms with van der Waals surface area (Å²) in [6.45, 7) is 1.81. The Labute approximate surface area is 122 Å². The van der Waals surface area contributed by atoms with Gasteiger partial charge in [0.2, 0.25) is 5.91 Å². The third-order valence-electron chi connectivity index (χ3n) is 3.27. The number of thiazole rings is 1. The third kappa shape index (κ3) is 3.23. The normalized spacial score (nSPS) is 18.8. The Kier molecular flexibility index (Phi) is 4.74. The fourth-order valence-electron chi connectivity index (χ4n) is 2.25. The molecule has 1 aliphatic heterocycles. The lowest BCUT2D eigenvalue weighted by molar-refractivity contribution is -0.120. The van der Waals surface area contributed by atoms with Crippen LogP contribution in [-0.2, 0) is 4.79 Å². The zero-order valence-corrected chi connectivity index (χ0v) is 12.0. The maximum atomic E-state index is 12.1. The standard InChI is InChI=1S/C13H15N3OS.ClH/c17-13(9-2-1-5-14-7-9)16-10-3-4-11-12(6-10)18-8-15-11;/h3-4,6,8-9,14H,1-2,5,7H2,(H,16,17);1H. The lowest BCUT2D eigenvalue weighted by atomic mass is 9.99. The maximum Gasteiger partial charge on any atom is 0.228 e. The van der Waals surface area contributed by atoms with E-state index in [0.717, 1.165) is 41.8 Å². The van der Waals surface area contributed by atoms with Gasteiger partial charge in [-0.25, -0.2) is 4.98 Å². The number of nitrogens with zero attached hydrogens (tertiary/aromatic N) is 1. The number of benzene rings is 1. The minimum atomic E-state index is 0. The number of anilines is 1. The average molecular weight is 298 g/mol. The van der Waals surface area contributed by atoms with E-state index >= 15 is 0 Å². The van der Waals surface area contributed by atoms with E-state index in [1.807, 2.05) is 23.7 Å². The second-order valence-electron chi connectivity index (χ2n) is 4.57. The van der Waals surface area contributed by atoms with Crippen molar-refractivity contribution in [2.75, 3.05) is 18.4 Å². The Morgan fingerprint density at radius 2 is 2.37 bits per heavy atom. The number of halogens is 1. The summed E-state index contributed by atoms with van der Waals surface area (Å²) in [5.74, 6) is 0.210. The van der Waals surface area contributed by atoms with E-state index in [9.17, 15) is 4.79 Å². The number of fused-ring (bicyclic) bond motifs is 1. The van der Waals surface area contributed by atoms with Crippen LogP contribution < -0.4 is 10.6 Å². The van der Waals surface area contributed by atoms with Crippen LogP contribution in [0.4, 0.5) is 5.69 Å². The Hall–Kier alpha value is -1.17. The topological polar surface area (TPSA) is 54.0 Å². The molecule has 1 aliphatic rings. The van der Waals surface area contributed by atoms with Crippen molar-refractivity contribution in [2.45, 2.75) is 12.8 Å². The molecule has 2 N–H and O–H groups in total. The molecule has 1 aromatic carbocycles. The number of amides is 1. The van der Waals surface area contributed by atoms with Gasteiger partial charge < -0.3 is 10.6 Å². The summed E-state index contributed by atoms with van der Waals surface area (Å²) in [5, 5.41) is 6.25. The van der Waals surface area contributed by atoms with E-state index < -0.39 is 0 Å². The predicted octanol–water partition coefficient (Wildman–Crippen LogP) is 2.66. The first-order valence-corrected chi connectivity index (χ1v) is 7.06. The van der Waals surface area contributed by atoms with Crippen LogP contribution in [0.25, 0.3) is 10.2 Å². The molecule has 19 heavy (non-hydrogen) atoms. The number of aromatic nitrogens is 1. The van der Waals surface area contributed by atoms with Crippen molar-refractivity contribution in [1.29, 1.82) is 0 Å². The number of piperidine rings is 1. The summed E-state index contributed by atoms with van der Waals surface area (Å²) in [6.07, 6.45) is 2.05. The number of nitrogens with one attached hydrogen (secondary N) is 2. The third-order valence-corrected chi connectivity index (χ3v) is 4.06. The highest BCUT2D eigenvalue weighted by atomic mass is 35.5. The molecule has 2 aromatic rings. The fourth-order valence-corrected chi connectivity index (χ4v) is 2.97. The highest BCUT2D eigenvalue weighted by Crippen LogP contribution is 2.22. The highest BCUT2D eigenvalue weighted by molar-refractivity contribution is 7.16. The number of carbonyl (C=O) groups is 1. The summed E-state index contributed by atoms with van der Waals surface area (Å²) < 4.78 is 1.11. The quantitative estimate of drug-likeness (QED) is 0.896. The largest absolute Gasteiger partial charge is 0.326 e. The van der Waals surface area contributed by atoms with Crippen LogP contribution in [0.15, 0.2) is 23.7 Å². The van der Waals surface area contributed by atoms with Crippen LogP contribution in [0.2, 0.25) is 0 Å². The van der Waals surface area contributed by atoms with Gasteiger partial charge in [-0.1, -0.05) is 0 Å². The minimum Gasteiger partial charge on any atom is -0.326 e. The monoisotopic (exact) mass is 297 g/mol. The number of hydrogen-bond acceptors (Lipinski definition) is 4. The molecule has 1 amide bonds. The van der Waals surface area contributed by atoms with Crippen molar-refractivity contribution in [3.05, 3.63) is 23.7 Å². The van der Waals surface area contributed by atoms with Crippen molar-refractivity contribution in [1.82, 2.24) is 10.3 Å². The Bertz CT molecular complexity index is 566. The molecule has 1 saturated heterocycles. The number of rotatable bonds is 2. The van der Waals surface area contributed by atoms with Crippen LogP contribution >= 0.6 is 23.7 Å². The van der Waals surface area contributed by atoms with Gasteiger partial charge in [0.05, 0.1) is 21.6 Å². The van der Waals surface area contributed by atoms with Crippen LogP contribution in [0, 0.1) is 5.92 Å². The van der Waals surface area contributed by atoms with Crippen molar-refractivity contribution in [3.63, 3.8) is 0 Å². The maximum absolute atomic E-state index is 12.1. The van der Waals surface area contributed by atoms with Gasteiger partial charge in [0, 0.05) is 12.2 Å². The molecule has 1 aromatic heterocycles. The van der Waals surface area contributed by atoms with Gasteiger partial charge in [0.1, 0.15) is 0 Å². The first kappa shape index (κ1) is 14.2. The molecule has 0 spiro atoms. The molecule has 0 saturated carbocycles. The molecule has 0 radical (unpaired) electrons. The first-order valence-electron chi connectivity index (χ1n) is 6.18. The Morgan fingerprint density at radius 1 is 1.47 bits per heavy atom. The summed E-state index contributed by atoms with van der Waals surface area (Å²) in [5.41, 5.74) is 3.67. The first-order chi connectivity index (χ1) is 8.83. The smallest absolute Gasteiger partial charge is 0.228 e. The molecule has 0 bridgehead atoms. The fraction of sp³-hybridized carbons (Fsp3) is 0.385. The van der Waals surface area contributed by atoms with Gasteiger partial charge in [-0.05, 0) is 37.6 Å². The molecule has 2 heterocycles. The molecule has 1 fully saturated rings. The van der Waals surface area contributed by atoms with E-state index in [0.29, 0.717) is 0 Å². The predicted molar refractivity (Wildman–Crippen MR) is 81.1 cm³/mol. The SMILES string of the molecule is Cl.O=C(Nc1ccc2ncsc2c1)C1CCCNC1. The van der Waals surface area contributed by atoms with E-state index in [4.69, 9.17) is 0 Å². The van der Waals surface area contributed by atoms with E-state index in [-0.39, 0.29) is 24.2 Å². The zero-order chi connectivity index (χ0) is 12.4. The minimum absolute atomic E-state index is 0. The molecule has 4 nitrogen and oxygen atoms in total. The highest BCUT2D eigenvalue weighted by Gasteiger charge is 2.20. The van der Waals surface area contributed by atoms with Crippen LogP contribution in [0.3, 0.4) is 0 Å². The van der Waals surface area contributed by atoms with Crippen molar-refractivity contribution in [2.24, 2.45) is 5.92 Å². The van der Waals surface area contributed by atoms with Crippen LogP contribution in [-0.4, -0.2) is 24.0 Å². The van der Waals surface area contributed by atoms with E-state index in [1.165, 1.54) is 0 Å². The van der Waals surface area contributed by atoms with Gasteiger partial charge in [-0.2, -0.15) is 0 Å². The summed E-state index contributed by atoms with van der Waals surface area (Å²) >= 11 is 1.59. The number of hydrogen-bond donors (Lipinski definition) is 2. The van der Waals surface area contributed by atoms with Crippen LogP contribution in [0.1, 0.15) is 12.8 Å². The molecule has 0 aliphatic carbocycles. The van der Waals surface area contributed by atoms with Gasteiger partial charge >= 0.3 is 0 Å². The molecule has 102 valence electrons. The Morgan fingerprint density at radius 3 is 3.16 bits per heavy atom. The van der Waals surface area contributed by atoms with Gasteiger partial charge in [-0.15, -0.1) is 23.7 Å². The zero-order valence-electron chi connectivity index (χ0n) is 10.4. The molecule has 3 rings (SSSR count). The lowest BCUT2D eigenvalue weighted by Gasteiger charge is -2.21. The molecule has 1 atom stereocenters.